The van der Waals surface area contributed by atoms with Crippen LogP contribution in [0.4, 0.5) is 0 Å². The fraction of sp³-hybridized carbons (Fsp3) is 0.509. The number of aliphatic hydroxyl groups excluding tert-OH is 1. The van der Waals surface area contributed by atoms with Crippen LogP contribution in [0, 0.1) is 6.92 Å². The molecule has 0 fully saturated rings. The first kappa shape index (κ1) is 50.7. The van der Waals surface area contributed by atoms with Gasteiger partial charge in [0.25, 0.3) is 0 Å². The summed E-state index contributed by atoms with van der Waals surface area (Å²) in [5.74, 6) is 0.583. The molecule has 0 saturated carbocycles. The minimum atomic E-state index is -0.482. The fourth-order valence-electron chi connectivity index (χ4n) is 7.70. The van der Waals surface area contributed by atoms with Crippen LogP contribution in [0.5, 0.6) is 17.2 Å². The Balaban J connectivity index is 0.000000282. The molecule has 0 saturated heterocycles. The number of esters is 3. The lowest BCUT2D eigenvalue weighted by molar-refractivity contribution is -0.144. The molecule has 2 aliphatic rings. The number of fused-ring (bicyclic) bond motifs is 2. The molecule has 342 valence electrons. The summed E-state index contributed by atoms with van der Waals surface area (Å²) in [7, 11) is 0. The second kappa shape index (κ2) is 20.7. The monoisotopic (exact) mass is 863 g/mol. The van der Waals surface area contributed by atoms with Crippen molar-refractivity contribution in [2.24, 2.45) is 0 Å². The number of ether oxygens (including phenoxy) is 4. The van der Waals surface area contributed by atoms with Gasteiger partial charge in [-0.05, 0) is 75.8 Å². The van der Waals surface area contributed by atoms with Gasteiger partial charge >= 0.3 is 17.9 Å². The van der Waals surface area contributed by atoms with Gasteiger partial charge in [0.05, 0.1) is 0 Å². The molecule has 0 spiro atoms. The quantitative estimate of drug-likeness (QED) is 0.0902. The van der Waals surface area contributed by atoms with Crippen LogP contribution >= 0.6 is 0 Å². The molecule has 4 aromatic rings. The number of hydrogen-bond donors (Lipinski definition) is 1. The number of rotatable bonds is 11. The highest BCUT2D eigenvalue weighted by Gasteiger charge is 2.41. The van der Waals surface area contributed by atoms with E-state index >= 15 is 0 Å². The van der Waals surface area contributed by atoms with E-state index < -0.39 is 5.92 Å². The highest BCUT2D eigenvalue weighted by atomic mass is 16.6. The van der Waals surface area contributed by atoms with Gasteiger partial charge in [-0.1, -0.05) is 170 Å². The first-order valence-electron chi connectivity index (χ1n) is 22.8. The maximum Gasteiger partial charge on any atom is 0.323 e. The Labute approximate surface area is 378 Å². The van der Waals surface area contributed by atoms with Gasteiger partial charge in [0.15, 0.2) is 0 Å². The van der Waals surface area contributed by atoms with Gasteiger partial charge in [-0.2, -0.15) is 0 Å². The predicted molar refractivity (Wildman–Crippen MR) is 254 cm³/mol. The van der Waals surface area contributed by atoms with Crippen molar-refractivity contribution >= 4 is 17.9 Å². The van der Waals surface area contributed by atoms with E-state index in [9.17, 15) is 14.4 Å². The largest absolute Gasteiger partial charge is 0.490 e. The summed E-state index contributed by atoms with van der Waals surface area (Å²) in [4.78, 5) is 37.5. The lowest BCUT2D eigenvalue weighted by Crippen LogP contribution is -2.17. The van der Waals surface area contributed by atoms with E-state index in [1.165, 1.54) is 11.1 Å². The lowest BCUT2D eigenvalue weighted by Gasteiger charge is -2.27. The Hall–Kier alpha value is -4.95. The number of carbonyl (C=O) groups is 3. The normalized spacial score (nSPS) is 15.8. The molecule has 0 amide bonds. The topological polar surface area (TPSA) is 108 Å². The minimum absolute atomic E-state index is 0.0117. The molecule has 0 bridgehead atoms. The molecule has 2 aliphatic heterocycles. The summed E-state index contributed by atoms with van der Waals surface area (Å²) in [5, 5.41) is 8.77. The van der Waals surface area contributed by atoms with Crippen molar-refractivity contribution in [3.8, 4) is 17.2 Å². The Morgan fingerprint density at radius 1 is 0.603 bits per heavy atom. The molecule has 8 heteroatoms. The zero-order valence-electron chi connectivity index (χ0n) is 40.8. The van der Waals surface area contributed by atoms with Gasteiger partial charge in [0, 0.05) is 35.3 Å². The van der Waals surface area contributed by atoms with Crippen LogP contribution in [0.3, 0.4) is 0 Å². The SMILES string of the molecule is CC.CC(C)(C)c1cc2c(c(C(C)(C)C)c1)OC(=O)C2c1ccc(OCCOC(=O)CCCCCO)cc1.Cc1cccc(C2C(=O)Oc3c2cc(C(C)(C)C)cc3C(C)(C)C)c1. The third-order valence-corrected chi connectivity index (χ3v) is 11.3. The Morgan fingerprint density at radius 2 is 1.10 bits per heavy atom. The van der Waals surface area contributed by atoms with Gasteiger partial charge in [0.1, 0.15) is 42.3 Å². The number of unbranched alkanes of at least 4 members (excludes halogenated alkanes) is 2. The second-order valence-corrected chi connectivity index (χ2v) is 20.7. The Morgan fingerprint density at radius 3 is 1.54 bits per heavy atom. The second-order valence-electron chi connectivity index (χ2n) is 20.7. The highest BCUT2D eigenvalue weighted by Crippen LogP contribution is 2.49. The van der Waals surface area contributed by atoms with Crippen molar-refractivity contribution in [1.82, 2.24) is 0 Å². The summed E-state index contributed by atoms with van der Waals surface area (Å²) in [6.45, 7) is 32.7. The third kappa shape index (κ3) is 12.8. The first-order valence-corrected chi connectivity index (χ1v) is 22.8. The Kier molecular flexibility index (Phi) is 16.7. The maximum absolute atomic E-state index is 13.0. The van der Waals surface area contributed by atoms with E-state index in [0.29, 0.717) is 30.8 Å². The summed E-state index contributed by atoms with van der Waals surface area (Å²) >= 11 is 0. The zero-order chi connectivity index (χ0) is 47.1. The van der Waals surface area contributed by atoms with Crippen LogP contribution in [0.15, 0.2) is 72.8 Å². The predicted octanol–water partition coefficient (Wildman–Crippen LogP) is 12.5. The number of aryl methyl sites for hydroxylation is 1. The van der Waals surface area contributed by atoms with Gasteiger partial charge in [-0.15, -0.1) is 0 Å². The van der Waals surface area contributed by atoms with Crippen LogP contribution < -0.4 is 14.2 Å². The average molecular weight is 863 g/mol. The summed E-state index contributed by atoms with van der Waals surface area (Å²) in [6.07, 6.45) is 2.57. The van der Waals surface area contributed by atoms with Crippen molar-refractivity contribution in [2.75, 3.05) is 19.8 Å². The standard InChI is InChI=1S/C30H40O6.C23H28O2.C2H6/c1-29(2,3)21-18-23-26(28(33)36-27(23)24(19-21)30(4,5)6)20-11-13-22(14-12-20)34-16-17-35-25(32)10-8-7-9-15-31;1-14-9-8-10-15(11-14)19-17-12-16(22(2,3)4)13-18(23(5,6)7)20(17)25-21(19)24;1-2/h11-14,18-19,26,31H,7-10,15-17H2,1-6H3;8-13,19H,1-7H3;1-2H3. The van der Waals surface area contributed by atoms with E-state index in [-0.39, 0.29) is 65.3 Å². The van der Waals surface area contributed by atoms with Gasteiger partial charge in [-0.25, -0.2) is 0 Å². The highest BCUT2D eigenvalue weighted by molar-refractivity contribution is 5.91. The molecular formula is C55H74O8. The number of aliphatic hydroxyl groups is 1. The van der Waals surface area contributed by atoms with E-state index in [1.54, 1.807) is 0 Å². The summed E-state index contributed by atoms with van der Waals surface area (Å²) in [5.41, 5.74) is 9.21. The minimum Gasteiger partial charge on any atom is -0.490 e. The summed E-state index contributed by atoms with van der Waals surface area (Å²) in [6, 6.07) is 24.3. The van der Waals surface area contributed by atoms with Crippen molar-refractivity contribution < 1.29 is 38.4 Å². The molecule has 63 heavy (non-hydrogen) atoms. The molecule has 6 rings (SSSR count). The third-order valence-electron chi connectivity index (χ3n) is 11.3. The molecule has 0 radical (unpaired) electrons. The lowest BCUT2D eigenvalue weighted by atomic mass is 9.77. The molecule has 0 aromatic heterocycles. The molecular weight excluding hydrogens is 789 g/mol. The molecule has 8 nitrogen and oxygen atoms in total. The zero-order valence-corrected chi connectivity index (χ0v) is 40.8. The fourth-order valence-corrected chi connectivity index (χ4v) is 7.70. The van der Waals surface area contributed by atoms with Crippen molar-refractivity contribution in [3.63, 3.8) is 0 Å². The van der Waals surface area contributed by atoms with Crippen LogP contribution in [0.2, 0.25) is 0 Å². The van der Waals surface area contributed by atoms with Crippen molar-refractivity contribution in [1.29, 1.82) is 0 Å². The smallest absolute Gasteiger partial charge is 0.323 e. The summed E-state index contributed by atoms with van der Waals surface area (Å²) < 4.78 is 22.5. The van der Waals surface area contributed by atoms with E-state index in [0.717, 1.165) is 51.1 Å². The Bertz CT molecular complexity index is 2200. The van der Waals surface area contributed by atoms with Crippen molar-refractivity contribution in [3.05, 3.63) is 123 Å². The van der Waals surface area contributed by atoms with Crippen LogP contribution in [0.25, 0.3) is 0 Å². The number of carbonyl (C=O) groups excluding carboxylic acids is 3. The first-order chi connectivity index (χ1) is 29.4. The van der Waals surface area contributed by atoms with Crippen LogP contribution in [0.1, 0.15) is 185 Å². The van der Waals surface area contributed by atoms with E-state index in [1.807, 2.05) is 50.2 Å². The maximum atomic E-state index is 13.0. The van der Waals surface area contributed by atoms with Crippen LogP contribution in [-0.4, -0.2) is 42.8 Å². The van der Waals surface area contributed by atoms with Gasteiger partial charge in [-0.3, -0.25) is 14.4 Å². The van der Waals surface area contributed by atoms with Crippen molar-refractivity contribution in [2.45, 2.75) is 163 Å². The average Bonchev–Trinajstić information content (AvgIpc) is 3.72. The molecule has 2 unspecified atom stereocenters. The van der Waals surface area contributed by atoms with E-state index in [4.69, 9.17) is 24.1 Å². The number of benzene rings is 4. The van der Waals surface area contributed by atoms with Gasteiger partial charge < -0.3 is 24.1 Å². The molecule has 2 heterocycles. The molecule has 1 N–H and O–H groups in total. The van der Waals surface area contributed by atoms with Crippen LogP contribution in [-0.2, 0) is 40.8 Å². The molecule has 4 aromatic carbocycles. The number of hydrogen-bond acceptors (Lipinski definition) is 8. The molecule has 2 atom stereocenters. The van der Waals surface area contributed by atoms with E-state index in [2.05, 4.69) is 126 Å². The molecule has 0 aliphatic carbocycles. The van der Waals surface area contributed by atoms with Gasteiger partial charge in [0.2, 0.25) is 0 Å².